The molecule has 2 aromatic carbocycles. The lowest BCUT2D eigenvalue weighted by Crippen LogP contribution is -2.66. The van der Waals surface area contributed by atoms with Gasteiger partial charge in [0, 0.05) is 6.42 Å². The molecule has 7 nitrogen and oxygen atoms in total. The molecule has 2 aliphatic rings. The third kappa shape index (κ3) is 2.24. The number of methoxy groups -OCH3 is 1. The summed E-state index contributed by atoms with van der Waals surface area (Å²) >= 11 is 0. The molecular weight excluding hydrogens is 336 g/mol. The Bertz CT molecular complexity index is 889. The largest absolute Gasteiger partial charge is 0.493 e. The number of carbonyl (C=O) groups is 3. The summed E-state index contributed by atoms with van der Waals surface area (Å²) in [4.78, 5) is 37.2. The number of imide groups is 2. The Kier molecular flexibility index (Phi) is 3.64. The van der Waals surface area contributed by atoms with E-state index in [1.807, 2.05) is 6.07 Å². The van der Waals surface area contributed by atoms with Gasteiger partial charge in [-0.2, -0.15) is 0 Å². The van der Waals surface area contributed by atoms with Crippen LogP contribution >= 0.6 is 0 Å². The Morgan fingerprint density at radius 3 is 2.35 bits per heavy atom. The van der Waals surface area contributed by atoms with Crippen LogP contribution in [0.2, 0.25) is 0 Å². The molecule has 2 aromatic rings. The van der Waals surface area contributed by atoms with E-state index in [2.05, 4.69) is 10.6 Å². The Labute approximate surface area is 149 Å². The minimum absolute atomic E-state index is 0.0873. The van der Waals surface area contributed by atoms with Crippen LogP contribution in [0.5, 0.6) is 11.5 Å². The number of rotatable bonds is 2. The molecule has 1 fully saturated rings. The van der Waals surface area contributed by atoms with Crippen LogP contribution in [0, 0.1) is 5.41 Å². The number of para-hydroxylation sites is 1. The molecule has 2 aliphatic heterocycles. The predicted octanol–water partition coefficient (Wildman–Crippen LogP) is 1.72. The second-order valence-corrected chi connectivity index (χ2v) is 6.24. The highest BCUT2D eigenvalue weighted by atomic mass is 16.5. The van der Waals surface area contributed by atoms with Crippen molar-refractivity contribution in [2.45, 2.75) is 12.5 Å². The molecule has 4 amide bonds. The molecule has 4 rings (SSSR count). The van der Waals surface area contributed by atoms with E-state index in [0.29, 0.717) is 22.6 Å². The fraction of sp³-hybridized carbons (Fsp3) is 0.211. The lowest BCUT2D eigenvalue weighted by Gasteiger charge is -2.43. The number of benzene rings is 2. The quantitative estimate of drug-likeness (QED) is 0.803. The van der Waals surface area contributed by atoms with Crippen molar-refractivity contribution in [3.63, 3.8) is 0 Å². The van der Waals surface area contributed by atoms with E-state index in [9.17, 15) is 14.4 Å². The van der Waals surface area contributed by atoms with Crippen molar-refractivity contribution in [3.8, 4) is 11.5 Å². The summed E-state index contributed by atoms with van der Waals surface area (Å²) in [6.45, 7) is 0. The summed E-state index contributed by atoms with van der Waals surface area (Å²) in [6.07, 6.45) is -0.815. The number of carbonyl (C=O) groups excluding carboxylic acids is 3. The zero-order valence-electron chi connectivity index (χ0n) is 13.9. The third-order valence-corrected chi connectivity index (χ3v) is 4.80. The summed E-state index contributed by atoms with van der Waals surface area (Å²) < 4.78 is 11.5. The highest BCUT2D eigenvalue weighted by Gasteiger charge is 2.60. The van der Waals surface area contributed by atoms with E-state index in [4.69, 9.17) is 9.47 Å². The third-order valence-electron chi connectivity index (χ3n) is 4.80. The Morgan fingerprint density at radius 1 is 1.00 bits per heavy atom. The molecule has 0 saturated carbocycles. The molecule has 26 heavy (non-hydrogen) atoms. The van der Waals surface area contributed by atoms with Crippen molar-refractivity contribution in [1.29, 1.82) is 0 Å². The van der Waals surface area contributed by atoms with Gasteiger partial charge in [-0.15, -0.1) is 0 Å². The van der Waals surface area contributed by atoms with E-state index in [1.165, 1.54) is 7.11 Å². The van der Waals surface area contributed by atoms with Crippen molar-refractivity contribution in [1.82, 2.24) is 10.6 Å². The molecule has 2 heterocycles. The number of amides is 4. The lowest BCUT2D eigenvalue weighted by atomic mass is 9.70. The highest BCUT2D eigenvalue weighted by molar-refractivity contribution is 6.20. The van der Waals surface area contributed by atoms with E-state index >= 15 is 0 Å². The normalized spacial score (nSPS) is 20.7. The van der Waals surface area contributed by atoms with Gasteiger partial charge in [-0.3, -0.25) is 20.2 Å². The van der Waals surface area contributed by atoms with Crippen LogP contribution in [-0.4, -0.2) is 25.0 Å². The molecule has 0 radical (unpaired) electrons. The van der Waals surface area contributed by atoms with Crippen LogP contribution in [-0.2, 0) is 16.0 Å². The maximum atomic E-state index is 12.8. The SMILES string of the molecule is COc1cccc2c1OC(c1ccccc1)C1(C2)C(=O)NC(=O)NC1=O. The first-order chi connectivity index (χ1) is 12.6. The average Bonchev–Trinajstić information content (AvgIpc) is 2.65. The second kappa shape index (κ2) is 5.87. The van der Waals surface area contributed by atoms with Crippen molar-refractivity contribution in [2.24, 2.45) is 5.41 Å². The minimum Gasteiger partial charge on any atom is -0.493 e. The lowest BCUT2D eigenvalue weighted by molar-refractivity contribution is -0.153. The Hall–Kier alpha value is -3.35. The van der Waals surface area contributed by atoms with Gasteiger partial charge in [-0.1, -0.05) is 42.5 Å². The highest BCUT2D eigenvalue weighted by Crippen LogP contribution is 2.50. The van der Waals surface area contributed by atoms with E-state index in [1.54, 1.807) is 42.5 Å². The topological polar surface area (TPSA) is 93.7 Å². The minimum atomic E-state index is -1.59. The molecule has 0 bridgehead atoms. The Morgan fingerprint density at radius 2 is 1.69 bits per heavy atom. The van der Waals surface area contributed by atoms with Crippen LogP contribution in [0.3, 0.4) is 0 Å². The maximum absolute atomic E-state index is 12.8. The summed E-state index contributed by atoms with van der Waals surface area (Å²) in [5, 5.41) is 4.42. The number of hydrogen-bond donors (Lipinski definition) is 2. The molecule has 1 saturated heterocycles. The first-order valence-electron chi connectivity index (χ1n) is 8.10. The van der Waals surface area contributed by atoms with Gasteiger partial charge in [0.1, 0.15) is 6.10 Å². The van der Waals surface area contributed by atoms with Gasteiger partial charge in [0.2, 0.25) is 11.8 Å². The molecule has 7 heteroatoms. The molecule has 0 aromatic heterocycles. The fourth-order valence-corrected chi connectivity index (χ4v) is 3.55. The van der Waals surface area contributed by atoms with Crippen LogP contribution in [0.1, 0.15) is 17.2 Å². The van der Waals surface area contributed by atoms with Gasteiger partial charge >= 0.3 is 6.03 Å². The molecule has 1 atom stereocenters. The van der Waals surface area contributed by atoms with Crippen LogP contribution < -0.4 is 20.1 Å². The van der Waals surface area contributed by atoms with Crippen molar-refractivity contribution in [2.75, 3.05) is 7.11 Å². The predicted molar refractivity (Wildman–Crippen MR) is 90.6 cm³/mol. The summed E-state index contributed by atoms with van der Waals surface area (Å²) in [6, 6.07) is 13.5. The fourth-order valence-electron chi connectivity index (χ4n) is 3.55. The first-order valence-corrected chi connectivity index (χ1v) is 8.10. The van der Waals surface area contributed by atoms with Gasteiger partial charge in [0.05, 0.1) is 7.11 Å². The number of nitrogens with one attached hydrogen (secondary N) is 2. The standard InChI is InChI=1S/C19H16N2O5/c1-25-13-9-5-8-12-10-19(16(22)20-18(24)21-17(19)23)15(26-14(12)13)11-6-3-2-4-7-11/h2-9,15H,10H2,1H3,(H2,20,21,22,23,24). The van der Waals surface area contributed by atoms with Gasteiger partial charge < -0.3 is 9.47 Å². The van der Waals surface area contributed by atoms with Crippen molar-refractivity contribution in [3.05, 3.63) is 59.7 Å². The zero-order chi connectivity index (χ0) is 18.3. The van der Waals surface area contributed by atoms with Crippen LogP contribution in [0.4, 0.5) is 4.79 Å². The second-order valence-electron chi connectivity index (χ2n) is 6.24. The van der Waals surface area contributed by atoms with Crippen LogP contribution in [0.25, 0.3) is 0 Å². The molecule has 1 unspecified atom stereocenters. The van der Waals surface area contributed by atoms with Gasteiger partial charge in [-0.25, -0.2) is 4.79 Å². The van der Waals surface area contributed by atoms with Crippen molar-refractivity contribution >= 4 is 17.8 Å². The average molecular weight is 352 g/mol. The molecule has 132 valence electrons. The van der Waals surface area contributed by atoms with E-state index in [-0.39, 0.29) is 6.42 Å². The zero-order valence-corrected chi connectivity index (χ0v) is 13.9. The smallest absolute Gasteiger partial charge is 0.328 e. The van der Waals surface area contributed by atoms with Crippen LogP contribution in [0.15, 0.2) is 48.5 Å². The molecule has 0 aliphatic carbocycles. The number of urea groups is 1. The number of fused-ring (bicyclic) bond motifs is 1. The first kappa shape index (κ1) is 16.1. The Balaban J connectivity index is 1.92. The van der Waals surface area contributed by atoms with Crippen molar-refractivity contribution < 1.29 is 23.9 Å². The summed E-state index contributed by atoms with van der Waals surface area (Å²) in [5.74, 6) is -0.333. The van der Waals surface area contributed by atoms with E-state index < -0.39 is 29.4 Å². The number of barbiturate groups is 1. The summed E-state index contributed by atoms with van der Waals surface area (Å²) in [5.41, 5.74) is -0.269. The number of ether oxygens (including phenoxy) is 2. The monoisotopic (exact) mass is 352 g/mol. The van der Waals surface area contributed by atoms with Gasteiger partial charge in [0.15, 0.2) is 16.9 Å². The molecular formula is C19H16N2O5. The molecule has 1 spiro atoms. The molecule has 2 N–H and O–H groups in total. The van der Waals surface area contributed by atoms with E-state index in [0.717, 1.165) is 0 Å². The van der Waals surface area contributed by atoms with Gasteiger partial charge in [-0.05, 0) is 17.2 Å². The maximum Gasteiger partial charge on any atom is 0.328 e. The van der Waals surface area contributed by atoms with Gasteiger partial charge in [0.25, 0.3) is 0 Å². The number of hydrogen-bond acceptors (Lipinski definition) is 5. The summed E-state index contributed by atoms with van der Waals surface area (Å²) in [7, 11) is 1.53.